The van der Waals surface area contributed by atoms with E-state index in [4.69, 9.17) is 5.11 Å². The number of unbranched alkanes of at least 4 members (excludes halogenated alkanes) is 1. The third-order valence-electron chi connectivity index (χ3n) is 3.26. The molecular weight excluding hydrogens is 228 g/mol. The van der Waals surface area contributed by atoms with Gasteiger partial charge in [-0.2, -0.15) is 0 Å². The average molecular weight is 248 g/mol. The van der Waals surface area contributed by atoms with Gasteiger partial charge in [0.05, 0.1) is 5.92 Å². The number of carboxylic acid groups (broad SMARTS) is 1. The minimum absolute atomic E-state index is 0.0565. The monoisotopic (exact) mass is 248 g/mol. The number of ketones is 1. The van der Waals surface area contributed by atoms with E-state index in [9.17, 15) is 9.59 Å². The van der Waals surface area contributed by atoms with Crippen LogP contribution in [-0.2, 0) is 4.79 Å². The summed E-state index contributed by atoms with van der Waals surface area (Å²) in [5.74, 6) is -2.02. The number of carbonyl (C=O) groups excluding carboxylic acids is 1. The molecule has 0 heterocycles. The second-order valence-corrected chi connectivity index (χ2v) is 4.61. The number of rotatable bonds is 7. The van der Waals surface area contributed by atoms with Crippen molar-refractivity contribution in [3.8, 4) is 0 Å². The lowest BCUT2D eigenvalue weighted by atomic mass is 9.83. The quantitative estimate of drug-likeness (QED) is 0.752. The number of hydrogen-bond acceptors (Lipinski definition) is 2. The Balaban J connectivity index is 2.89. The molecule has 1 aromatic rings. The molecule has 0 aliphatic rings. The highest BCUT2D eigenvalue weighted by Gasteiger charge is 2.29. The molecule has 18 heavy (non-hydrogen) atoms. The smallest absolute Gasteiger partial charge is 0.306 e. The molecule has 0 aliphatic carbocycles. The Bertz CT molecular complexity index is 397. The van der Waals surface area contributed by atoms with Crippen molar-refractivity contribution in [1.82, 2.24) is 0 Å². The summed E-state index contributed by atoms with van der Waals surface area (Å²) in [6.07, 6.45) is 2.48. The van der Waals surface area contributed by atoms with Crippen molar-refractivity contribution in [3.05, 3.63) is 35.9 Å². The van der Waals surface area contributed by atoms with Gasteiger partial charge in [-0.15, -0.1) is 0 Å². The van der Waals surface area contributed by atoms with Crippen LogP contribution in [0.3, 0.4) is 0 Å². The van der Waals surface area contributed by atoms with Gasteiger partial charge in [-0.3, -0.25) is 9.59 Å². The van der Waals surface area contributed by atoms with Crippen LogP contribution >= 0.6 is 0 Å². The Morgan fingerprint density at radius 1 is 1.22 bits per heavy atom. The summed E-state index contributed by atoms with van der Waals surface area (Å²) in [5.41, 5.74) is 0.603. The molecule has 2 atom stereocenters. The minimum atomic E-state index is -0.902. The summed E-state index contributed by atoms with van der Waals surface area (Å²) in [7, 11) is 0. The van der Waals surface area contributed by atoms with Crippen molar-refractivity contribution in [2.24, 2.45) is 11.8 Å². The van der Waals surface area contributed by atoms with Crippen LogP contribution in [0.15, 0.2) is 30.3 Å². The summed E-state index contributed by atoms with van der Waals surface area (Å²) in [4.78, 5) is 23.4. The lowest BCUT2D eigenvalue weighted by molar-refractivity contribution is -0.142. The molecule has 0 spiro atoms. The lowest BCUT2D eigenvalue weighted by Gasteiger charge is -2.19. The Kier molecular flexibility index (Phi) is 5.56. The molecule has 3 nitrogen and oxygen atoms in total. The fourth-order valence-electron chi connectivity index (χ4n) is 2.02. The highest BCUT2D eigenvalue weighted by Crippen LogP contribution is 2.23. The van der Waals surface area contributed by atoms with Crippen LogP contribution in [0.4, 0.5) is 0 Å². The topological polar surface area (TPSA) is 54.4 Å². The molecule has 0 aromatic heterocycles. The molecule has 98 valence electrons. The zero-order chi connectivity index (χ0) is 13.5. The Morgan fingerprint density at radius 3 is 2.33 bits per heavy atom. The molecule has 0 fully saturated rings. The van der Waals surface area contributed by atoms with Crippen LogP contribution in [0, 0.1) is 11.8 Å². The SMILES string of the molecule is CCCCC(C(=O)c1ccccc1)C(C)C(=O)O. The van der Waals surface area contributed by atoms with Crippen LogP contribution in [0.2, 0.25) is 0 Å². The summed E-state index contributed by atoms with van der Waals surface area (Å²) < 4.78 is 0. The lowest BCUT2D eigenvalue weighted by Crippen LogP contribution is -2.28. The fraction of sp³-hybridized carbons (Fsp3) is 0.467. The molecule has 0 aliphatic heterocycles. The first kappa shape index (κ1) is 14.4. The molecule has 0 amide bonds. The van der Waals surface area contributed by atoms with Crippen molar-refractivity contribution in [2.45, 2.75) is 33.1 Å². The van der Waals surface area contributed by atoms with Crippen LogP contribution in [0.25, 0.3) is 0 Å². The van der Waals surface area contributed by atoms with Crippen molar-refractivity contribution < 1.29 is 14.7 Å². The summed E-state index contributed by atoms with van der Waals surface area (Å²) in [6.45, 7) is 3.65. The van der Waals surface area contributed by atoms with E-state index in [1.165, 1.54) is 0 Å². The zero-order valence-corrected chi connectivity index (χ0v) is 10.9. The molecule has 1 rings (SSSR count). The van der Waals surface area contributed by atoms with E-state index >= 15 is 0 Å². The first-order valence-electron chi connectivity index (χ1n) is 6.40. The number of aliphatic carboxylic acids is 1. The van der Waals surface area contributed by atoms with E-state index in [-0.39, 0.29) is 5.78 Å². The van der Waals surface area contributed by atoms with Gasteiger partial charge in [0.25, 0.3) is 0 Å². The first-order chi connectivity index (χ1) is 8.57. The third-order valence-corrected chi connectivity index (χ3v) is 3.26. The van der Waals surface area contributed by atoms with Gasteiger partial charge in [0, 0.05) is 11.5 Å². The van der Waals surface area contributed by atoms with Gasteiger partial charge < -0.3 is 5.11 Å². The zero-order valence-electron chi connectivity index (χ0n) is 10.9. The number of carbonyl (C=O) groups is 2. The van der Waals surface area contributed by atoms with E-state index in [2.05, 4.69) is 0 Å². The van der Waals surface area contributed by atoms with Crippen LogP contribution in [0.1, 0.15) is 43.5 Å². The minimum Gasteiger partial charge on any atom is -0.481 e. The fourth-order valence-corrected chi connectivity index (χ4v) is 2.02. The first-order valence-corrected chi connectivity index (χ1v) is 6.40. The van der Waals surface area contributed by atoms with Gasteiger partial charge in [0.1, 0.15) is 0 Å². The van der Waals surface area contributed by atoms with Crippen molar-refractivity contribution in [2.75, 3.05) is 0 Å². The highest BCUT2D eigenvalue weighted by atomic mass is 16.4. The largest absolute Gasteiger partial charge is 0.481 e. The van der Waals surface area contributed by atoms with Crippen molar-refractivity contribution in [3.63, 3.8) is 0 Å². The Labute approximate surface area is 108 Å². The van der Waals surface area contributed by atoms with Crippen molar-refractivity contribution in [1.29, 1.82) is 0 Å². The van der Waals surface area contributed by atoms with Crippen LogP contribution in [0.5, 0.6) is 0 Å². The number of benzene rings is 1. The molecule has 0 bridgehead atoms. The highest BCUT2D eigenvalue weighted by molar-refractivity contribution is 5.99. The predicted octanol–water partition coefficient (Wildman–Crippen LogP) is 3.40. The molecular formula is C15H20O3. The van der Waals surface area contributed by atoms with Crippen LogP contribution < -0.4 is 0 Å². The van der Waals surface area contributed by atoms with E-state index in [0.717, 1.165) is 12.8 Å². The van der Waals surface area contributed by atoms with E-state index in [0.29, 0.717) is 12.0 Å². The molecule has 0 saturated carbocycles. The normalized spacial score (nSPS) is 13.9. The van der Waals surface area contributed by atoms with E-state index < -0.39 is 17.8 Å². The maximum atomic E-state index is 12.3. The second-order valence-electron chi connectivity index (χ2n) is 4.61. The number of carboxylic acids is 1. The third kappa shape index (κ3) is 3.69. The Morgan fingerprint density at radius 2 is 1.83 bits per heavy atom. The molecule has 0 saturated heterocycles. The Hall–Kier alpha value is -1.64. The van der Waals surface area contributed by atoms with Gasteiger partial charge in [-0.1, -0.05) is 57.0 Å². The standard InChI is InChI=1S/C15H20O3/c1-3-4-10-13(11(2)15(17)18)14(16)12-8-6-5-7-9-12/h5-9,11,13H,3-4,10H2,1-2H3,(H,17,18). The van der Waals surface area contributed by atoms with Gasteiger partial charge in [-0.05, 0) is 6.42 Å². The molecule has 2 unspecified atom stereocenters. The van der Waals surface area contributed by atoms with Crippen LogP contribution in [-0.4, -0.2) is 16.9 Å². The number of hydrogen-bond donors (Lipinski definition) is 1. The van der Waals surface area contributed by atoms with E-state index in [1.54, 1.807) is 31.2 Å². The van der Waals surface area contributed by atoms with Gasteiger partial charge in [0.2, 0.25) is 0 Å². The van der Waals surface area contributed by atoms with Gasteiger partial charge in [-0.25, -0.2) is 0 Å². The van der Waals surface area contributed by atoms with Gasteiger partial charge >= 0.3 is 5.97 Å². The average Bonchev–Trinajstić information content (AvgIpc) is 2.39. The molecule has 1 N–H and O–H groups in total. The second kappa shape index (κ2) is 6.94. The maximum absolute atomic E-state index is 12.3. The summed E-state index contributed by atoms with van der Waals surface area (Å²) >= 11 is 0. The predicted molar refractivity (Wildman–Crippen MR) is 70.6 cm³/mol. The van der Waals surface area contributed by atoms with Crippen molar-refractivity contribution >= 4 is 11.8 Å². The maximum Gasteiger partial charge on any atom is 0.306 e. The molecule has 0 radical (unpaired) electrons. The number of Topliss-reactive ketones (excluding diaryl/α,β-unsaturated/α-hetero) is 1. The summed E-state index contributed by atoms with van der Waals surface area (Å²) in [5, 5.41) is 9.10. The van der Waals surface area contributed by atoms with E-state index in [1.807, 2.05) is 13.0 Å². The molecule has 1 aromatic carbocycles. The summed E-state index contributed by atoms with van der Waals surface area (Å²) in [6, 6.07) is 8.94. The molecule has 3 heteroatoms. The van der Waals surface area contributed by atoms with Gasteiger partial charge in [0.15, 0.2) is 5.78 Å².